The number of rotatable bonds is 6. The highest BCUT2D eigenvalue weighted by Crippen LogP contribution is 2.16. The van der Waals surface area contributed by atoms with Gasteiger partial charge in [0, 0.05) is 11.4 Å². The van der Waals surface area contributed by atoms with Crippen LogP contribution >= 0.6 is 11.3 Å². The lowest BCUT2D eigenvalue weighted by Crippen LogP contribution is -2.38. The second-order valence-corrected chi connectivity index (χ2v) is 5.61. The Morgan fingerprint density at radius 2 is 2.24 bits per heavy atom. The van der Waals surface area contributed by atoms with Crippen LogP contribution in [0.15, 0.2) is 11.4 Å². The molecule has 1 rings (SSSR count). The van der Waals surface area contributed by atoms with Crippen LogP contribution in [0.5, 0.6) is 0 Å². The minimum absolute atomic E-state index is 0.173. The average Bonchev–Trinajstić information content (AvgIpc) is 2.68. The molecular weight excluding hydrogens is 234 g/mol. The van der Waals surface area contributed by atoms with Crippen molar-refractivity contribution in [3.63, 3.8) is 0 Å². The van der Waals surface area contributed by atoms with E-state index < -0.39 is 0 Å². The monoisotopic (exact) mass is 255 g/mol. The first-order chi connectivity index (χ1) is 8.04. The Kier molecular flexibility index (Phi) is 5.65. The van der Waals surface area contributed by atoms with Crippen molar-refractivity contribution >= 4 is 17.3 Å². The zero-order chi connectivity index (χ0) is 12.8. The fraction of sp³-hybridized carbons (Fsp3) is 0.615. The molecule has 0 amide bonds. The standard InChI is InChI=1S/C13H21NO2S/c1-9(2)7-11(13(15)16-4)14-8-12-10(3)5-6-17-12/h5-6,9,11,14H,7-8H2,1-4H3. The van der Waals surface area contributed by atoms with Crippen LogP contribution in [0.4, 0.5) is 0 Å². The number of hydrogen-bond donors (Lipinski definition) is 1. The van der Waals surface area contributed by atoms with E-state index in [0.717, 1.165) is 13.0 Å². The maximum Gasteiger partial charge on any atom is 0.322 e. The molecule has 1 aromatic rings. The number of esters is 1. The van der Waals surface area contributed by atoms with Crippen molar-refractivity contribution in [2.45, 2.75) is 39.8 Å². The number of carbonyl (C=O) groups excluding carboxylic acids is 1. The number of nitrogens with one attached hydrogen (secondary N) is 1. The van der Waals surface area contributed by atoms with Gasteiger partial charge < -0.3 is 4.74 Å². The SMILES string of the molecule is COC(=O)C(CC(C)C)NCc1sccc1C. The molecule has 0 radical (unpaired) electrons. The van der Waals surface area contributed by atoms with E-state index in [1.165, 1.54) is 17.6 Å². The van der Waals surface area contributed by atoms with Crippen molar-refractivity contribution in [1.29, 1.82) is 0 Å². The Bertz CT molecular complexity index is 360. The molecule has 1 unspecified atom stereocenters. The molecule has 1 atom stereocenters. The largest absolute Gasteiger partial charge is 0.468 e. The van der Waals surface area contributed by atoms with E-state index in [-0.39, 0.29) is 12.0 Å². The summed E-state index contributed by atoms with van der Waals surface area (Å²) in [5.41, 5.74) is 1.27. The van der Waals surface area contributed by atoms with Crippen LogP contribution in [0.3, 0.4) is 0 Å². The van der Waals surface area contributed by atoms with Gasteiger partial charge in [0.2, 0.25) is 0 Å². The summed E-state index contributed by atoms with van der Waals surface area (Å²) < 4.78 is 4.82. The topological polar surface area (TPSA) is 38.3 Å². The van der Waals surface area contributed by atoms with Gasteiger partial charge in [0.05, 0.1) is 7.11 Å². The van der Waals surface area contributed by atoms with Crippen LogP contribution in [0.1, 0.15) is 30.7 Å². The quantitative estimate of drug-likeness (QED) is 0.794. The van der Waals surface area contributed by atoms with Gasteiger partial charge >= 0.3 is 5.97 Å². The zero-order valence-corrected chi connectivity index (χ0v) is 11.8. The number of carbonyl (C=O) groups is 1. The van der Waals surface area contributed by atoms with E-state index in [2.05, 4.69) is 37.5 Å². The number of hydrogen-bond acceptors (Lipinski definition) is 4. The van der Waals surface area contributed by atoms with Gasteiger partial charge in [0.25, 0.3) is 0 Å². The summed E-state index contributed by atoms with van der Waals surface area (Å²) in [6.07, 6.45) is 0.803. The first-order valence-corrected chi connectivity index (χ1v) is 6.76. The summed E-state index contributed by atoms with van der Waals surface area (Å²) in [7, 11) is 1.44. The fourth-order valence-corrected chi connectivity index (χ4v) is 2.53. The minimum Gasteiger partial charge on any atom is -0.468 e. The van der Waals surface area contributed by atoms with Crippen molar-refractivity contribution in [2.75, 3.05) is 7.11 Å². The molecule has 0 spiro atoms. The molecule has 1 heterocycles. The molecule has 0 bridgehead atoms. The summed E-state index contributed by atoms with van der Waals surface area (Å²) in [6.45, 7) is 7.03. The fourth-order valence-electron chi connectivity index (χ4n) is 1.68. The van der Waals surface area contributed by atoms with E-state index in [1.54, 1.807) is 11.3 Å². The summed E-state index contributed by atoms with van der Waals surface area (Å²) in [6, 6.07) is 1.89. The molecule has 4 heteroatoms. The number of ether oxygens (including phenoxy) is 1. The van der Waals surface area contributed by atoms with E-state index in [9.17, 15) is 4.79 Å². The van der Waals surface area contributed by atoms with Crippen molar-refractivity contribution in [3.8, 4) is 0 Å². The molecule has 1 aromatic heterocycles. The smallest absolute Gasteiger partial charge is 0.322 e. The third-order valence-corrected chi connectivity index (χ3v) is 3.69. The van der Waals surface area contributed by atoms with Gasteiger partial charge in [0.15, 0.2) is 0 Å². The normalized spacial score (nSPS) is 12.8. The Hall–Kier alpha value is -0.870. The van der Waals surface area contributed by atoms with Gasteiger partial charge in [-0.1, -0.05) is 13.8 Å². The molecule has 0 aliphatic rings. The lowest BCUT2D eigenvalue weighted by Gasteiger charge is -2.18. The molecule has 0 aliphatic heterocycles. The van der Waals surface area contributed by atoms with Gasteiger partial charge in [-0.05, 0) is 36.3 Å². The second-order valence-electron chi connectivity index (χ2n) is 4.61. The number of methoxy groups -OCH3 is 1. The number of aryl methyl sites for hydroxylation is 1. The Labute approximate surface area is 107 Å². The van der Waals surface area contributed by atoms with Gasteiger partial charge in [-0.25, -0.2) is 0 Å². The van der Waals surface area contributed by atoms with Crippen molar-refractivity contribution < 1.29 is 9.53 Å². The Morgan fingerprint density at radius 3 is 2.71 bits per heavy atom. The predicted octanol–water partition coefficient (Wildman–Crippen LogP) is 2.73. The van der Waals surface area contributed by atoms with Crippen molar-refractivity contribution in [1.82, 2.24) is 5.32 Å². The van der Waals surface area contributed by atoms with E-state index in [1.807, 2.05) is 0 Å². The summed E-state index contributed by atoms with van der Waals surface area (Å²) in [5.74, 6) is 0.295. The highest BCUT2D eigenvalue weighted by atomic mass is 32.1. The van der Waals surface area contributed by atoms with Crippen molar-refractivity contribution in [2.24, 2.45) is 5.92 Å². The molecule has 0 saturated carbocycles. The molecule has 1 N–H and O–H groups in total. The van der Waals surface area contributed by atoms with Crippen LogP contribution < -0.4 is 5.32 Å². The third-order valence-electron chi connectivity index (χ3n) is 2.67. The van der Waals surface area contributed by atoms with Gasteiger partial charge in [-0.3, -0.25) is 10.1 Å². The maximum absolute atomic E-state index is 11.6. The lowest BCUT2D eigenvalue weighted by molar-refractivity contribution is -0.143. The molecule has 0 fully saturated rings. The molecule has 96 valence electrons. The van der Waals surface area contributed by atoms with E-state index in [0.29, 0.717) is 5.92 Å². The molecular formula is C13H21NO2S. The summed E-state index contributed by atoms with van der Waals surface area (Å²) in [4.78, 5) is 12.9. The molecule has 0 saturated heterocycles. The molecule has 3 nitrogen and oxygen atoms in total. The van der Waals surface area contributed by atoms with Gasteiger partial charge in [0.1, 0.15) is 6.04 Å². The number of thiophene rings is 1. The second kappa shape index (κ2) is 6.77. The van der Waals surface area contributed by atoms with Crippen LogP contribution in [0.25, 0.3) is 0 Å². The van der Waals surface area contributed by atoms with Crippen LogP contribution in [-0.4, -0.2) is 19.1 Å². The maximum atomic E-state index is 11.6. The summed E-state index contributed by atoms with van der Waals surface area (Å²) >= 11 is 1.72. The minimum atomic E-state index is -0.207. The van der Waals surface area contributed by atoms with E-state index >= 15 is 0 Å². The highest BCUT2D eigenvalue weighted by molar-refractivity contribution is 7.10. The highest BCUT2D eigenvalue weighted by Gasteiger charge is 2.20. The van der Waals surface area contributed by atoms with Crippen LogP contribution in [0, 0.1) is 12.8 Å². The first kappa shape index (κ1) is 14.2. The van der Waals surface area contributed by atoms with Crippen LogP contribution in [0.2, 0.25) is 0 Å². The third kappa shape index (κ3) is 4.48. The first-order valence-electron chi connectivity index (χ1n) is 5.88. The molecule has 0 aliphatic carbocycles. The molecule has 17 heavy (non-hydrogen) atoms. The average molecular weight is 255 g/mol. The Morgan fingerprint density at radius 1 is 1.53 bits per heavy atom. The van der Waals surface area contributed by atoms with Crippen molar-refractivity contribution in [3.05, 3.63) is 21.9 Å². The van der Waals surface area contributed by atoms with Gasteiger partial charge in [-0.15, -0.1) is 11.3 Å². The van der Waals surface area contributed by atoms with Gasteiger partial charge in [-0.2, -0.15) is 0 Å². The van der Waals surface area contributed by atoms with E-state index in [4.69, 9.17) is 4.74 Å². The molecule has 0 aromatic carbocycles. The Balaban J connectivity index is 2.55. The van der Waals surface area contributed by atoms with Crippen LogP contribution in [-0.2, 0) is 16.1 Å². The zero-order valence-electron chi connectivity index (χ0n) is 10.9. The predicted molar refractivity (Wildman–Crippen MR) is 71.2 cm³/mol. The summed E-state index contributed by atoms with van der Waals surface area (Å²) in [5, 5.41) is 5.35. The lowest BCUT2D eigenvalue weighted by atomic mass is 10.0.